The van der Waals surface area contributed by atoms with Gasteiger partial charge in [-0.1, -0.05) is 34.8 Å². The SMILES string of the molecule is COC(=O)C1CCC(O)CC1.COC(=O)C1CCC(Oc2ccc(Cl)nn2)CC1.COC(=O)C1CCC(Oc2cccnn2)CC1.Clc1ccc(Cl)nn1.O=C(O)C1CCC(Oc2cccnn2)CC1. The average Bonchev–Trinajstić information content (AvgIpc) is 3.39. The number of carboxylic acid groups (broad SMARTS) is 1. The van der Waals surface area contributed by atoms with E-state index >= 15 is 0 Å². The van der Waals surface area contributed by atoms with Crippen molar-refractivity contribution >= 4 is 58.7 Å². The van der Waals surface area contributed by atoms with Crippen molar-refractivity contribution in [3.63, 3.8) is 0 Å². The van der Waals surface area contributed by atoms with Crippen molar-refractivity contribution in [3.05, 3.63) is 76.4 Å². The summed E-state index contributed by atoms with van der Waals surface area (Å²) in [4.78, 5) is 44.4. The number of rotatable bonds is 10. The number of aromatic nitrogens is 8. The third-order valence-electron chi connectivity index (χ3n) is 11.8. The standard InChI is InChI=1S/C12H15ClN2O3.C12H16N2O3.C11H14N2O3.C8H14O3.C4H2Cl2N2/c1-17-12(16)8-2-4-9(5-3-8)18-11-7-6-10(13)14-15-11;1-16-12(15)9-4-6-10(7-5-9)17-11-3-2-8-13-14-11;14-11(15)8-3-5-9(6-4-8)16-10-2-1-7-12-13-10;1-11-8(10)6-2-4-7(9)5-3-6;5-3-1-2-4(6)8-7-3/h6-9H,2-5H2,1H3;2-3,8-10H,4-7H2,1H3;1-2,7-9H,3-6H2,(H,14,15);6-7,9H,2-5H2,1H3;1-2H. The van der Waals surface area contributed by atoms with Crippen LogP contribution in [0.4, 0.5) is 0 Å². The lowest BCUT2D eigenvalue weighted by Gasteiger charge is -2.26. The number of carbonyl (C=O) groups is 4. The molecule has 0 saturated heterocycles. The summed E-state index contributed by atoms with van der Waals surface area (Å²) in [6.07, 6.45) is 15.8. The van der Waals surface area contributed by atoms with Crippen molar-refractivity contribution in [2.45, 2.75) is 127 Å². The van der Waals surface area contributed by atoms with Gasteiger partial charge in [0.2, 0.25) is 17.6 Å². The number of methoxy groups -OCH3 is 3. The highest BCUT2D eigenvalue weighted by Gasteiger charge is 2.30. The molecule has 4 aliphatic carbocycles. The fourth-order valence-electron chi connectivity index (χ4n) is 7.95. The summed E-state index contributed by atoms with van der Waals surface area (Å²) in [5, 5.41) is 48.7. The van der Waals surface area contributed by atoms with Crippen LogP contribution < -0.4 is 14.2 Å². The molecule has 4 fully saturated rings. The fourth-order valence-corrected chi connectivity index (χ4v) is 8.25. The molecule has 4 aromatic rings. The number of carboxylic acids is 1. The zero-order valence-electron chi connectivity index (χ0n) is 39.4. The Morgan fingerprint density at radius 2 is 0.757 bits per heavy atom. The molecule has 4 saturated carbocycles. The third-order valence-corrected chi connectivity index (χ3v) is 12.4. The minimum absolute atomic E-state index is 0.00570. The Morgan fingerprint density at radius 1 is 0.443 bits per heavy atom. The third kappa shape index (κ3) is 21.6. The molecular formula is C47H61Cl3N8O12. The Morgan fingerprint density at radius 3 is 1.04 bits per heavy atom. The number of hydrogen-bond acceptors (Lipinski definition) is 19. The van der Waals surface area contributed by atoms with Gasteiger partial charge in [-0.15, -0.1) is 30.6 Å². The molecule has 0 unspecified atom stereocenters. The van der Waals surface area contributed by atoms with Crippen LogP contribution in [-0.2, 0) is 33.4 Å². The molecule has 2 N–H and O–H groups in total. The molecule has 70 heavy (non-hydrogen) atoms. The van der Waals surface area contributed by atoms with E-state index in [0.29, 0.717) is 45.9 Å². The highest BCUT2D eigenvalue weighted by molar-refractivity contribution is 6.31. The second-order valence-corrected chi connectivity index (χ2v) is 17.8. The number of carbonyl (C=O) groups excluding carboxylic acids is 3. The molecule has 0 aromatic carbocycles. The summed E-state index contributed by atoms with van der Waals surface area (Å²) in [5.74, 6) is 0.340. The molecule has 20 nitrogen and oxygen atoms in total. The van der Waals surface area contributed by atoms with Crippen molar-refractivity contribution in [1.82, 2.24) is 40.8 Å². The Balaban J connectivity index is 0.000000195. The van der Waals surface area contributed by atoms with Crippen LogP contribution >= 0.6 is 34.8 Å². The largest absolute Gasteiger partial charge is 0.481 e. The van der Waals surface area contributed by atoms with E-state index in [0.717, 1.165) is 89.9 Å². The highest BCUT2D eigenvalue weighted by atomic mass is 35.5. The number of ether oxygens (including phenoxy) is 6. The molecule has 0 amide bonds. The van der Waals surface area contributed by atoms with Gasteiger partial charge < -0.3 is 38.6 Å². The first-order chi connectivity index (χ1) is 33.8. The van der Waals surface area contributed by atoms with Crippen LogP contribution in [0.1, 0.15) is 103 Å². The molecule has 0 aliphatic heterocycles. The van der Waals surface area contributed by atoms with E-state index in [1.165, 1.54) is 21.3 Å². The molecule has 0 bridgehead atoms. The van der Waals surface area contributed by atoms with Crippen LogP contribution in [0.5, 0.6) is 17.6 Å². The second kappa shape index (κ2) is 31.6. The number of esters is 3. The number of aliphatic hydroxyl groups is 1. The van der Waals surface area contributed by atoms with Gasteiger partial charge in [-0.05, 0) is 133 Å². The van der Waals surface area contributed by atoms with Gasteiger partial charge in [-0.2, -0.15) is 10.2 Å². The van der Waals surface area contributed by atoms with E-state index in [1.807, 2.05) is 0 Å². The first-order valence-corrected chi connectivity index (χ1v) is 24.2. The maximum Gasteiger partial charge on any atom is 0.308 e. The van der Waals surface area contributed by atoms with Crippen LogP contribution in [0.3, 0.4) is 0 Å². The number of hydrogen-bond donors (Lipinski definition) is 2. The number of aliphatic hydroxyl groups excluding tert-OH is 1. The van der Waals surface area contributed by atoms with Crippen LogP contribution in [0.25, 0.3) is 0 Å². The average molecular weight is 1040 g/mol. The van der Waals surface area contributed by atoms with Crippen molar-refractivity contribution in [3.8, 4) is 17.6 Å². The first-order valence-electron chi connectivity index (χ1n) is 23.1. The predicted molar refractivity (Wildman–Crippen MR) is 254 cm³/mol. The van der Waals surface area contributed by atoms with E-state index in [1.54, 1.807) is 60.9 Å². The number of halogens is 3. The van der Waals surface area contributed by atoms with Gasteiger partial charge in [0.25, 0.3) is 0 Å². The summed E-state index contributed by atoms with van der Waals surface area (Å²) in [7, 11) is 4.27. The molecule has 382 valence electrons. The first kappa shape index (κ1) is 57.0. The molecule has 4 aromatic heterocycles. The highest BCUT2D eigenvalue weighted by Crippen LogP contribution is 2.30. The van der Waals surface area contributed by atoms with Gasteiger partial charge in [-0.3, -0.25) is 19.2 Å². The maximum absolute atomic E-state index is 11.4. The van der Waals surface area contributed by atoms with Gasteiger partial charge in [0.05, 0.1) is 51.1 Å². The van der Waals surface area contributed by atoms with Gasteiger partial charge in [-0.25, -0.2) is 0 Å². The normalized spacial score (nSPS) is 23.6. The molecule has 4 heterocycles. The van der Waals surface area contributed by atoms with Crippen LogP contribution in [0.15, 0.2) is 60.9 Å². The van der Waals surface area contributed by atoms with Crippen molar-refractivity contribution < 1.29 is 57.8 Å². The van der Waals surface area contributed by atoms with E-state index in [4.69, 9.17) is 68.7 Å². The molecular weight excluding hydrogens is 975 g/mol. The second-order valence-electron chi connectivity index (χ2n) is 16.7. The lowest BCUT2D eigenvalue weighted by Crippen LogP contribution is -2.28. The van der Waals surface area contributed by atoms with Gasteiger partial charge >= 0.3 is 23.9 Å². The predicted octanol–water partition coefficient (Wildman–Crippen LogP) is 7.82. The lowest BCUT2D eigenvalue weighted by molar-refractivity contribution is -0.148. The Bertz CT molecular complexity index is 2090. The Labute approximate surface area is 421 Å². The molecule has 4 aliphatic rings. The van der Waals surface area contributed by atoms with Gasteiger partial charge in [0, 0.05) is 30.6 Å². The van der Waals surface area contributed by atoms with Gasteiger partial charge in [0.1, 0.15) is 18.3 Å². The van der Waals surface area contributed by atoms with E-state index < -0.39 is 5.97 Å². The monoisotopic (exact) mass is 1030 g/mol. The summed E-state index contributed by atoms with van der Waals surface area (Å²) in [5.41, 5.74) is 0. The minimum atomic E-state index is -0.696. The summed E-state index contributed by atoms with van der Waals surface area (Å²) in [6.45, 7) is 0. The van der Waals surface area contributed by atoms with Crippen LogP contribution in [-0.4, -0.2) is 121 Å². The summed E-state index contributed by atoms with van der Waals surface area (Å²) in [6, 6.07) is 13.6. The molecule has 0 atom stereocenters. The van der Waals surface area contributed by atoms with Gasteiger partial charge in [0.15, 0.2) is 15.5 Å². The van der Waals surface area contributed by atoms with E-state index in [2.05, 4.69) is 45.5 Å². The van der Waals surface area contributed by atoms with Crippen molar-refractivity contribution in [2.75, 3.05) is 21.3 Å². The quantitative estimate of drug-likeness (QED) is 0.113. The molecule has 0 radical (unpaired) electrons. The van der Waals surface area contributed by atoms with E-state index in [9.17, 15) is 19.2 Å². The molecule has 23 heteroatoms. The summed E-state index contributed by atoms with van der Waals surface area (Å²) >= 11 is 16.4. The lowest BCUT2D eigenvalue weighted by atomic mass is 9.87. The fraction of sp³-hybridized carbons (Fsp3) is 0.574. The van der Waals surface area contributed by atoms with Crippen LogP contribution in [0.2, 0.25) is 15.5 Å². The van der Waals surface area contributed by atoms with Crippen molar-refractivity contribution in [1.29, 1.82) is 0 Å². The number of aliphatic carboxylic acids is 1. The Kier molecular flexibility index (Phi) is 25.7. The summed E-state index contributed by atoms with van der Waals surface area (Å²) < 4.78 is 31.1. The Hall–Kier alpha value is -5.57. The zero-order chi connectivity index (χ0) is 50.7. The molecule has 0 spiro atoms. The number of nitrogens with zero attached hydrogens (tertiary/aromatic N) is 8. The van der Waals surface area contributed by atoms with Crippen LogP contribution in [0, 0.1) is 23.7 Å². The van der Waals surface area contributed by atoms with Crippen molar-refractivity contribution in [2.24, 2.45) is 23.7 Å². The molecule has 8 rings (SSSR count). The maximum atomic E-state index is 11.4. The zero-order valence-corrected chi connectivity index (χ0v) is 41.7. The minimum Gasteiger partial charge on any atom is -0.481 e. The topological polar surface area (TPSA) is 267 Å². The smallest absolute Gasteiger partial charge is 0.308 e. The van der Waals surface area contributed by atoms with E-state index in [-0.39, 0.29) is 66.0 Å².